The van der Waals surface area contributed by atoms with Crippen molar-refractivity contribution in [2.45, 2.75) is 24.7 Å². The molecule has 2 heterocycles. The van der Waals surface area contributed by atoms with Crippen molar-refractivity contribution in [2.24, 2.45) is 5.92 Å². The number of anilines is 1. The van der Waals surface area contributed by atoms with E-state index in [0.29, 0.717) is 30.1 Å². The largest absolute Gasteiger partial charge is 0.495 e. The number of piperidine rings is 1. The average Bonchev–Trinajstić information content (AvgIpc) is 3.25. The van der Waals surface area contributed by atoms with Crippen molar-refractivity contribution in [1.82, 2.24) is 9.29 Å². The van der Waals surface area contributed by atoms with Crippen LogP contribution in [0.25, 0.3) is 11.3 Å². The van der Waals surface area contributed by atoms with E-state index < -0.39 is 15.9 Å². The van der Waals surface area contributed by atoms with Gasteiger partial charge < -0.3 is 10.1 Å². The molecule has 7 nitrogen and oxygen atoms in total. The molecule has 0 unspecified atom stereocenters. The highest BCUT2D eigenvalue weighted by atomic mass is 35.5. The Morgan fingerprint density at radius 1 is 1.27 bits per heavy atom. The van der Waals surface area contributed by atoms with Gasteiger partial charge in [0.2, 0.25) is 15.9 Å². The third-order valence-electron chi connectivity index (χ3n) is 5.54. The number of aryl methyl sites for hydroxylation is 1. The van der Waals surface area contributed by atoms with Crippen molar-refractivity contribution in [3.63, 3.8) is 0 Å². The average molecular weight is 506 g/mol. The Bertz CT molecular complexity index is 1280. The maximum Gasteiger partial charge on any atom is 0.246 e. The number of benzene rings is 2. The summed E-state index contributed by atoms with van der Waals surface area (Å²) < 4.78 is 33.2. The highest BCUT2D eigenvalue weighted by Gasteiger charge is 2.35. The van der Waals surface area contributed by atoms with Crippen LogP contribution in [0.1, 0.15) is 17.8 Å². The molecule has 1 saturated heterocycles. The van der Waals surface area contributed by atoms with Crippen LogP contribution in [0.3, 0.4) is 0 Å². The van der Waals surface area contributed by atoms with Crippen molar-refractivity contribution >= 4 is 44.6 Å². The van der Waals surface area contributed by atoms with E-state index in [1.165, 1.54) is 23.5 Å². The van der Waals surface area contributed by atoms with Crippen LogP contribution < -0.4 is 10.1 Å². The normalized spacial score (nSPS) is 17.0. The first-order valence-electron chi connectivity index (χ1n) is 10.4. The van der Waals surface area contributed by atoms with Gasteiger partial charge in [-0.1, -0.05) is 23.7 Å². The molecule has 1 N–H and O–H groups in total. The zero-order valence-corrected chi connectivity index (χ0v) is 20.6. The lowest BCUT2D eigenvalue weighted by Crippen LogP contribution is -2.43. The number of nitrogens with zero attached hydrogens (tertiary/aromatic N) is 2. The second kappa shape index (κ2) is 9.80. The highest BCUT2D eigenvalue weighted by molar-refractivity contribution is 7.89. The van der Waals surface area contributed by atoms with E-state index >= 15 is 0 Å². The predicted molar refractivity (Wildman–Crippen MR) is 130 cm³/mol. The summed E-state index contributed by atoms with van der Waals surface area (Å²) in [5.41, 5.74) is 2.43. The number of ether oxygens (including phenoxy) is 1. The number of sulfonamides is 1. The maximum atomic E-state index is 13.3. The SMILES string of the molecule is COc1ccc(Cl)cc1S(=O)(=O)N1CCC[C@@H](C(=O)Nc2cccc(-c3csc(C)n3)c2)C1. The fourth-order valence-electron chi connectivity index (χ4n) is 3.86. The van der Waals surface area contributed by atoms with Gasteiger partial charge in [0.15, 0.2) is 0 Å². The monoisotopic (exact) mass is 505 g/mol. The summed E-state index contributed by atoms with van der Waals surface area (Å²) in [6, 6.07) is 12.0. The quantitative estimate of drug-likeness (QED) is 0.519. The van der Waals surface area contributed by atoms with Gasteiger partial charge in [0.05, 0.1) is 23.7 Å². The molecule has 1 aliphatic heterocycles. The van der Waals surface area contributed by atoms with Gasteiger partial charge >= 0.3 is 0 Å². The van der Waals surface area contributed by atoms with Gasteiger partial charge in [-0.2, -0.15) is 4.31 Å². The van der Waals surface area contributed by atoms with Gasteiger partial charge in [-0.05, 0) is 50.1 Å². The summed E-state index contributed by atoms with van der Waals surface area (Å²) in [4.78, 5) is 17.5. The minimum atomic E-state index is -3.87. The molecule has 4 rings (SSSR count). The Balaban J connectivity index is 1.50. The second-order valence-corrected chi connectivity index (χ2v) is 11.2. The summed E-state index contributed by atoms with van der Waals surface area (Å²) in [7, 11) is -2.46. The number of thiazole rings is 1. The van der Waals surface area contributed by atoms with Crippen molar-refractivity contribution in [1.29, 1.82) is 0 Å². The standard InChI is InChI=1S/C23H24ClN3O4S2/c1-15-25-20(14-32-15)16-5-3-7-19(11-16)26-23(28)17-6-4-10-27(13-17)33(29,30)22-12-18(24)8-9-21(22)31-2/h3,5,7-9,11-12,14,17H,4,6,10,13H2,1-2H3,(H,26,28)/t17-/m1/s1. The highest BCUT2D eigenvalue weighted by Crippen LogP contribution is 2.32. The van der Waals surface area contributed by atoms with Crippen LogP contribution in [0, 0.1) is 12.8 Å². The number of rotatable bonds is 6. The molecule has 0 radical (unpaired) electrons. The maximum absolute atomic E-state index is 13.3. The molecule has 33 heavy (non-hydrogen) atoms. The van der Waals surface area contributed by atoms with Crippen LogP contribution in [0.2, 0.25) is 5.02 Å². The number of hydrogen-bond donors (Lipinski definition) is 1. The van der Waals surface area contributed by atoms with Crippen LogP contribution in [0.4, 0.5) is 5.69 Å². The first-order chi connectivity index (χ1) is 15.8. The van der Waals surface area contributed by atoms with E-state index in [4.69, 9.17) is 16.3 Å². The zero-order valence-electron chi connectivity index (χ0n) is 18.2. The molecule has 1 aromatic heterocycles. The minimum Gasteiger partial charge on any atom is -0.495 e. The van der Waals surface area contributed by atoms with Crippen LogP contribution >= 0.6 is 22.9 Å². The molecule has 2 aromatic carbocycles. The molecule has 0 saturated carbocycles. The van der Waals surface area contributed by atoms with Crippen molar-refractivity contribution in [3.8, 4) is 17.0 Å². The summed E-state index contributed by atoms with van der Waals surface area (Å²) in [5, 5.41) is 6.19. The first-order valence-corrected chi connectivity index (χ1v) is 13.1. The van der Waals surface area contributed by atoms with E-state index in [1.807, 2.05) is 36.6 Å². The smallest absolute Gasteiger partial charge is 0.246 e. The van der Waals surface area contributed by atoms with Crippen LogP contribution in [0.15, 0.2) is 52.7 Å². The van der Waals surface area contributed by atoms with Crippen LogP contribution in [0.5, 0.6) is 5.75 Å². The molecular formula is C23H24ClN3O4S2. The number of amides is 1. The molecule has 1 amide bonds. The van der Waals surface area contributed by atoms with Crippen LogP contribution in [-0.4, -0.2) is 43.8 Å². The van der Waals surface area contributed by atoms with Crippen molar-refractivity contribution in [3.05, 3.63) is 57.9 Å². The third kappa shape index (κ3) is 5.22. The molecule has 0 aliphatic carbocycles. The Morgan fingerprint density at radius 2 is 2.09 bits per heavy atom. The fourth-order valence-corrected chi connectivity index (χ4v) is 6.43. The predicted octanol–water partition coefficient (Wildman–Crippen LogP) is 4.82. The van der Waals surface area contributed by atoms with Gasteiger partial charge in [0.1, 0.15) is 10.6 Å². The molecule has 1 fully saturated rings. The zero-order chi connectivity index (χ0) is 23.6. The molecule has 1 atom stereocenters. The lowest BCUT2D eigenvalue weighted by Gasteiger charge is -2.31. The number of aromatic nitrogens is 1. The van der Waals surface area contributed by atoms with Gasteiger partial charge in [-0.3, -0.25) is 4.79 Å². The number of methoxy groups -OCH3 is 1. The number of carbonyl (C=O) groups excluding carboxylic acids is 1. The Kier molecular flexibility index (Phi) is 7.04. The third-order valence-corrected chi connectivity index (χ3v) is 8.44. The van der Waals surface area contributed by atoms with Gasteiger partial charge in [-0.15, -0.1) is 11.3 Å². The van der Waals surface area contributed by atoms with Gasteiger partial charge in [0, 0.05) is 34.7 Å². The lowest BCUT2D eigenvalue weighted by atomic mass is 9.98. The number of halogens is 1. The van der Waals surface area contributed by atoms with E-state index in [9.17, 15) is 13.2 Å². The summed E-state index contributed by atoms with van der Waals surface area (Å²) >= 11 is 7.61. The molecular weight excluding hydrogens is 482 g/mol. The molecule has 3 aromatic rings. The van der Waals surface area contributed by atoms with E-state index in [0.717, 1.165) is 16.3 Å². The molecule has 10 heteroatoms. The van der Waals surface area contributed by atoms with Crippen molar-refractivity contribution in [2.75, 3.05) is 25.5 Å². The van der Waals surface area contributed by atoms with E-state index in [1.54, 1.807) is 17.4 Å². The van der Waals surface area contributed by atoms with E-state index in [2.05, 4.69) is 10.3 Å². The number of carbonyl (C=O) groups is 1. The number of hydrogen-bond acceptors (Lipinski definition) is 6. The molecule has 174 valence electrons. The van der Waals surface area contributed by atoms with Crippen LogP contribution in [-0.2, 0) is 14.8 Å². The Labute approximate surface area is 202 Å². The lowest BCUT2D eigenvalue weighted by molar-refractivity contribution is -0.120. The summed E-state index contributed by atoms with van der Waals surface area (Å²) in [6.07, 6.45) is 1.19. The number of nitrogens with one attached hydrogen (secondary N) is 1. The summed E-state index contributed by atoms with van der Waals surface area (Å²) in [5.74, 6) is -0.455. The fraction of sp³-hybridized carbons (Fsp3) is 0.304. The van der Waals surface area contributed by atoms with Gasteiger partial charge in [-0.25, -0.2) is 13.4 Å². The Morgan fingerprint density at radius 3 is 2.82 bits per heavy atom. The van der Waals surface area contributed by atoms with Crippen molar-refractivity contribution < 1.29 is 17.9 Å². The van der Waals surface area contributed by atoms with Gasteiger partial charge in [0.25, 0.3) is 0 Å². The molecule has 0 bridgehead atoms. The summed E-state index contributed by atoms with van der Waals surface area (Å²) in [6.45, 7) is 2.37. The molecule has 1 aliphatic rings. The van der Waals surface area contributed by atoms with E-state index in [-0.39, 0.29) is 23.1 Å². The minimum absolute atomic E-state index is 0.00446. The second-order valence-electron chi connectivity index (χ2n) is 7.82. The molecule has 0 spiro atoms. The Hall–Kier alpha value is -2.46. The topological polar surface area (TPSA) is 88.6 Å². The first kappa shape index (κ1) is 23.7.